The zero-order valence-electron chi connectivity index (χ0n) is 7.49. The van der Waals surface area contributed by atoms with Gasteiger partial charge >= 0.3 is 24.0 Å². The highest BCUT2D eigenvalue weighted by Gasteiger charge is 2.80. The maximum atomic E-state index is 12.4. The zero-order chi connectivity index (χ0) is 12.9. The number of likely N-dealkylation sites (N-methyl/N-ethyl adjacent to an activating group) is 1. The van der Waals surface area contributed by atoms with Gasteiger partial charge in [-0.3, -0.25) is 0 Å². The summed E-state index contributed by atoms with van der Waals surface area (Å²) in [5.41, 5.74) is -4.59. The van der Waals surface area contributed by atoms with Gasteiger partial charge in [-0.2, -0.15) is 26.3 Å². The van der Waals surface area contributed by atoms with E-state index in [0.29, 0.717) is 7.05 Å². The van der Waals surface area contributed by atoms with E-state index >= 15 is 0 Å². The summed E-state index contributed by atoms with van der Waals surface area (Å²) in [5.74, 6) is -1.64. The van der Waals surface area contributed by atoms with Crippen molar-refractivity contribution in [3.63, 3.8) is 0 Å². The van der Waals surface area contributed by atoms with Crippen molar-refractivity contribution < 1.29 is 35.9 Å². The molecule has 1 heterocycles. The third-order valence-corrected chi connectivity index (χ3v) is 3.04. The smallest absolute Gasteiger partial charge is 0.423 e. The monoisotopic (exact) mass is 315 g/mol. The van der Waals surface area contributed by atoms with Crippen molar-refractivity contribution in [1.29, 1.82) is 0 Å². The number of esters is 1. The highest BCUT2D eigenvalue weighted by molar-refractivity contribution is 9.09. The van der Waals surface area contributed by atoms with Crippen molar-refractivity contribution in [3.05, 3.63) is 0 Å². The average molecular weight is 316 g/mol. The second-order valence-electron chi connectivity index (χ2n) is 3.01. The first-order chi connectivity index (χ1) is 6.95. The number of cyclic esters (lactones) is 1. The molecule has 1 aliphatic rings. The van der Waals surface area contributed by atoms with Crippen molar-refractivity contribution in [2.75, 3.05) is 7.05 Å². The van der Waals surface area contributed by atoms with E-state index in [1.165, 1.54) is 0 Å². The van der Waals surface area contributed by atoms with Gasteiger partial charge in [-0.1, -0.05) is 15.9 Å². The summed E-state index contributed by atoms with van der Waals surface area (Å²) in [5, 5.41) is 0. The molecule has 1 rings (SSSR count). The minimum atomic E-state index is -5.78. The summed E-state index contributed by atoms with van der Waals surface area (Å²) < 4.78 is 78.2. The molecule has 1 atom stereocenters. The van der Waals surface area contributed by atoms with Gasteiger partial charge in [-0.25, -0.2) is 9.69 Å². The molecule has 0 radical (unpaired) electrons. The molecule has 1 unspecified atom stereocenters. The molecule has 0 saturated carbocycles. The number of nitrogens with zero attached hydrogens (tertiary/aromatic N) is 1. The third kappa shape index (κ3) is 1.58. The largest absolute Gasteiger partial charge is 0.453 e. The van der Waals surface area contributed by atoms with Crippen molar-refractivity contribution >= 4 is 21.9 Å². The lowest BCUT2D eigenvalue weighted by molar-refractivity contribution is -0.397. The average Bonchev–Trinajstić information content (AvgIpc) is 2.27. The zero-order valence-corrected chi connectivity index (χ0v) is 9.07. The normalized spacial score (nSPS) is 27.0. The number of hydrogen-bond donors (Lipinski definition) is 0. The van der Waals surface area contributed by atoms with Crippen LogP contribution in [0.15, 0.2) is 0 Å². The van der Waals surface area contributed by atoms with Crippen LogP contribution in [-0.4, -0.2) is 40.9 Å². The van der Waals surface area contributed by atoms with Crippen molar-refractivity contribution in [1.82, 2.24) is 4.90 Å². The van der Waals surface area contributed by atoms with E-state index in [0.717, 1.165) is 0 Å². The van der Waals surface area contributed by atoms with E-state index < -0.39 is 29.0 Å². The number of halogens is 7. The maximum Gasteiger partial charge on any atom is 0.453 e. The summed E-state index contributed by atoms with van der Waals surface area (Å²) in [6.45, 7) is 0. The molecule has 1 saturated heterocycles. The van der Waals surface area contributed by atoms with Gasteiger partial charge in [0.15, 0.2) is 4.95 Å². The molecular weight excluding hydrogens is 312 g/mol. The molecule has 0 bridgehead atoms. The number of alkyl halides is 7. The fourth-order valence-electron chi connectivity index (χ4n) is 1.26. The van der Waals surface area contributed by atoms with Gasteiger partial charge in [0.25, 0.3) is 0 Å². The van der Waals surface area contributed by atoms with Crippen LogP contribution in [0, 0.1) is 0 Å². The molecule has 1 aliphatic heterocycles. The Bertz CT molecular complexity index is 299. The van der Waals surface area contributed by atoms with Gasteiger partial charge in [-0.05, 0) is 7.05 Å². The first-order valence-electron chi connectivity index (χ1n) is 3.68. The standard InChI is InChI=1S/C6H4BrF6NO2/c1-14-2(7)3(15)16-4(14,5(8,9)10)6(11,12)13/h2H,1H3. The molecule has 16 heavy (non-hydrogen) atoms. The van der Waals surface area contributed by atoms with Gasteiger partial charge in [0.2, 0.25) is 0 Å². The number of rotatable bonds is 0. The SMILES string of the molecule is CN1C(Br)C(=O)OC1(C(F)(F)F)C(F)(F)F. The first-order valence-corrected chi connectivity index (χ1v) is 4.60. The maximum absolute atomic E-state index is 12.4. The van der Waals surface area contributed by atoms with Crippen LogP contribution in [0.25, 0.3) is 0 Å². The number of ether oxygens (including phenoxy) is 1. The molecule has 3 nitrogen and oxygen atoms in total. The fraction of sp³-hybridized carbons (Fsp3) is 0.833. The van der Waals surface area contributed by atoms with E-state index in [9.17, 15) is 31.1 Å². The Labute approximate surface area is 93.5 Å². The van der Waals surface area contributed by atoms with E-state index in [-0.39, 0.29) is 4.90 Å². The molecule has 0 aliphatic carbocycles. The predicted octanol–water partition coefficient (Wildman–Crippen LogP) is 2.02. The summed E-state index contributed by atoms with van der Waals surface area (Å²) in [6, 6.07) is 0. The highest BCUT2D eigenvalue weighted by atomic mass is 79.9. The lowest BCUT2D eigenvalue weighted by Crippen LogP contribution is -2.65. The Morgan fingerprint density at radius 3 is 1.75 bits per heavy atom. The minimum absolute atomic E-state index is 0.255. The van der Waals surface area contributed by atoms with Crippen molar-refractivity contribution in [3.8, 4) is 0 Å². The summed E-state index contributed by atoms with van der Waals surface area (Å²) in [4.78, 5) is 8.73. The van der Waals surface area contributed by atoms with Gasteiger partial charge in [0.05, 0.1) is 0 Å². The third-order valence-electron chi connectivity index (χ3n) is 2.05. The van der Waals surface area contributed by atoms with Gasteiger partial charge in [0.1, 0.15) is 0 Å². The van der Waals surface area contributed by atoms with Gasteiger partial charge < -0.3 is 4.74 Å². The van der Waals surface area contributed by atoms with Crippen LogP contribution in [0.2, 0.25) is 0 Å². The van der Waals surface area contributed by atoms with Crippen LogP contribution in [0.1, 0.15) is 0 Å². The number of carbonyl (C=O) groups is 1. The van der Waals surface area contributed by atoms with Crippen molar-refractivity contribution in [2.24, 2.45) is 0 Å². The Balaban J connectivity index is 3.35. The minimum Gasteiger partial charge on any atom is -0.423 e. The second-order valence-corrected chi connectivity index (χ2v) is 3.87. The molecule has 0 spiro atoms. The van der Waals surface area contributed by atoms with E-state index in [4.69, 9.17) is 0 Å². The Morgan fingerprint density at radius 1 is 1.25 bits per heavy atom. The molecule has 94 valence electrons. The molecule has 1 fully saturated rings. The predicted molar refractivity (Wildman–Crippen MR) is 41.4 cm³/mol. The van der Waals surface area contributed by atoms with Crippen LogP contribution >= 0.6 is 15.9 Å². The van der Waals surface area contributed by atoms with Gasteiger partial charge in [0, 0.05) is 0 Å². The Hall–Kier alpha value is -0.510. The summed E-state index contributed by atoms with van der Waals surface area (Å²) in [6.07, 6.45) is -11.6. The lowest BCUT2D eigenvalue weighted by atomic mass is 10.2. The van der Waals surface area contributed by atoms with Crippen LogP contribution in [0.4, 0.5) is 26.3 Å². The lowest BCUT2D eigenvalue weighted by Gasteiger charge is -2.36. The number of carbonyl (C=O) groups excluding carboxylic acids is 1. The molecule has 0 N–H and O–H groups in total. The van der Waals surface area contributed by atoms with Crippen LogP contribution in [-0.2, 0) is 9.53 Å². The van der Waals surface area contributed by atoms with Crippen LogP contribution < -0.4 is 0 Å². The molecule has 0 aromatic heterocycles. The molecule has 0 aromatic rings. The first kappa shape index (κ1) is 13.6. The van der Waals surface area contributed by atoms with Crippen LogP contribution in [0.3, 0.4) is 0 Å². The van der Waals surface area contributed by atoms with Gasteiger partial charge in [-0.15, -0.1) is 0 Å². The summed E-state index contributed by atoms with van der Waals surface area (Å²) in [7, 11) is 0.491. The molecule has 10 heteroatoms. The number of hydrogen-bond acceptors (Lipinski definition) is 3. The van der Waals surface area contributed by atoms with E-state index in [1.807, 2.05) is 0 Å². The second kappa shape index (κ2) is 3.49. The highest BCUT2D eigenvalue weighted by Crippen LogP contribution is 2.51. The summed E-state index contributed by atoms with van der Waals surface area (Å²) >= 11 is 2.38. The van der Waals surface area contributed by atoms with E-state index in [2.05, 4.69) is 20.7 Å². The van der Waals surface area contributed by atoms with Crippen molar-refractivity contribution in [2.45, 2.75) is 23.0 Å². The molecular formula is C6H4BrF6NO2. The Kier molecular flexibility index (Phi) is 2.96. The van der Waals surface area contributed by atoms with E-state index in [1.54, 1.807) is 0 Å². The fourth-order valence-corrected chi connectivity index (χ4v) is 1.64. The molecule has 0 amide bonds. The topological polar surface area (TPSA) is 29.5 Å². The van der Waals surface area contributed by atoms with Crippen LogP contribution in [0.5, 0.6) is 0 Å². The molecule has 0 aromatic carbocycles. The quantitative estimate of drug-likeness (QED) is 0.296. The Morgan fingerprint density at radius 2 is 1.62 bits per heavy atom.